The SMILES string of the molecule is Cc1c(I)c(CO)c(I)c(CO)c1I. The van der Waals surface area contributed by atoms with Crippen LogP contribution in [-0.4, -0.2) is 10.2 Å². The van der Waals surface area contributed by atoms with E-state index in [-0.39, 0.29) is 13.2 Å². The van der Waals surface area contributed by atoms with Crippen LogP contribution in [0.2, 0.25) is 0 Å². The van der Waals surface area contributed by atoms with Gasteiger partial charge in [0.25, 0.3) is 0 Å². The average Bonchev–Trinajstić information content (AvgIpc) is 2.16. The van der Waals surface area contributed by atoms with Crippen LogP contribution in [0, 0.1) is 17.6 Å². The van der Waals surface area contributed by atoms with E-state index in [0.717, 1.165) is 27.4 Å². The molecule has 0 spiro atoms. The van der Waals surface area contributed by atoms with Gasteiger partial charge in [0, 0.05) is 21.8 Å². The van der Waals surface area contributed by atoms with Crippen LogP contribution in [0.15, 0.2) is 0 Å². The van der Waals surface area contributed by atoms with E-state index in [1.54, 1.807) is 0 Å². The second-order valence-corrected chi connectivity index (χ2v) is 6.08. The van der Waals surface area contributed by atoms with Gasteiger partial charge in [-0.2, -0.15) is 0 Å². The molecule has 0 aromatic heterocycles. The average molecular weight is 530 g/mol. The Morgan fingerprint density at radius 2 is 1.21 bits per heavy atom. The minimum absolute atomic E-state index is 0.0291. The summed E-state index contributed by atoms with van der Waals surface area (Å²) in [6, 6.07) is 0. The molecule has 0 aliphatic rings. The van der Waals surface area contributed by atoms with Crippen LogP contribution < -0.4 is 0 Å². The molecule has 0 heterocycles. The number of aliphatic hydroxyl groups excluding tert-OH is 2. The van der Waals surface area contributed by atoms with E-state index in [9.17, 15) is 10.2 Å². The molecule has 2 N–H and O–H groups in total. The predicted molar refractivity (Wildman–Crippen MR) is 81.2 cm³/mol. The number of benzene rings is 1. The maximum absolute atomic E-state index is 9.24. The van der Waals surface area contributed by atoms with Gasteiger partial charge in [-0.05, 0) is 80.3 Å². The van der Waals surface area contributed by atoms with Crippen molar-refractivity contribution in [3.63, 3.8) is 0 Å². The number of hydrogen-bond acceptors (Lipinski definition) is 2. The van der Waals surface area contributed by atoms with Crippen LogP contribution in [0.3, 0.4) is 0 Å². The molecule has 0 atom stereocenters. The summed E-state index contributed by atoms with van der Waals surface area (Å²) >= 11 is 6.66. The fraction of sp³-hybridized carbons (Fsp3) is 0.333. The van der Waals surface area contributed by atoms with E-state index in [0.29, 0.717) is 0 Å². The van der Waals surface area contributed by atoms with Crippen molar-refractivity contribution >= 4 is 67.8 Å². The molecule has 0 aliphatic carbocycles. The Kier molecular flexibility index (Phi) is 5.35. The van der Waals surface area contributed by atoms with Crippen LogP contribution in [0.1, 0.15) is 16.7 Å². The zero-order valence-corrected chi connectivity index (χ0v) is 13.9. The number of hydrogen-bond donors (Lipinski definition) is 2. The van der Waals surface area contributed by atoms with Crippen molar-refractivity contribution in [3.05, 3.63) is 27.4 Å². The van der Waals surface area contributed by atoms with E-state index in [1.165, 1.54) is 0 Å². The van der Waals surface area contributed by atoms with Gasteiger partial charge in [-0.3, -0.25) is 0 Å². The summed E-state index contributed by atoms with van der Waals surface area (Å²) in [7, 11) is 0. The molecule has 0 radical (unpaired) electrons. The third kappa shape index (κ3) is 2.36. The van der Waals surface area contributed by atoms with Crippen LogP contribution in [0.5, 0.6) is 0 Å². The molecule has 1 rings (SSSR count). The van der Waals surface area contributed by atoms with Gasteiger partial charge in [0.1, 0.15) is 0 Å². The molecule has 14 heavy (non-hydrogen) atoms. The molecule has 2 nitrogen and oxygen atoms in total. The lowest BCUT2D eigenvalue weighted by Gasteiger charge is -2.14. The van der Waals surface area contributed by atoms with E-state index in [1.807, 2.05) is 6.92 Å². The van der Waals surface area contributed by atoms with Gasteiger partial charge in [-0.1, -0.05) is 0 Å². The van der Waals surface area contributed by atoms with Gasteiger partial charge < -0.3 is 10.2 Å². The highest BCUT2D eigenvalue weighted by atomic mass is 127. The Hall–Kier alpha value is 1.33. The van der Waals surface area contributed by atoms with Crippen LogP contribution in [0.25, 0.3) is 0 Å². The van der Waals surface area contributed by atoms with Crippen molar-refractivity contribution in [2.24, 2.45) is 0 Å². The van der Waals surface area contributed by atoms with Crippen LogP contribution >= 0.6 is 67.8 Å². The molecule has 0 saturated heterocycles. The zero-order chi connectivity index (χ0) is 10.9. The maximum Gasteiger partial charge on any atom is 0.0702 e. The topological polar surface area (TPSA) is 40.5 Å². The number of halogens is 3. The highest BCUT2D eigenvalue weighted by molar-refractivity contribution is 14.1. The Bertz CT molecular complexity index is 333. The van der Waals surface area contributed by atoms with Gasteiger partial charge in [0.15, 0.2) is 0 Å². The van der Waals surface area contributed by atoms with Gasteiger partial charge in [0.2, 0.25) is 0 Å². The van der Waals surface area contributed by atoms with Crippen LogP contribution in [0.4, 0.5) is 0 Å². The molecule has 0 unspecified atom stereocenters. The van der Waals surface area contributed by atoms with Crippen molar-refractivity contribution in [2.45, 2.75) is 20.1 Å². The molecule has 0 amide bonds. The highest BCUT2D eigenvalue weighted by Gasteiger charge is 2.16. The lowest BCUT2D eigenvalue weighted by molar-refractivity contribution is 0.272. The summed E-state index contributed by atoms with van der Waals surface area (Å²) in [5, 5.41) is 18.5. The van der Waals surface area contributed by atoms with Gasteiger partial charge in [-0.15, -0.1) is 0 Å². The Morgan fingerprint density at radius 1 is 0.857 bits per heavy atom. The Morgan fingerprint density at radius 3 is 1.50 bits per heavy atom. The fourth-order valence-corrected chi connectivity index (χ4v) is 5.05. The zero-order valence-electron chi connectivity index (χ0n) is 7.44. The Balaban J connectivity index is 3.56. The first-order valence-corrected chi connectivity index (χ1v) is 7.14. The van der Waals surface area contributed by atoms with Crippen molar-refractivity contribution < 1.29 is 10.2 Å². The van der Waals surface area contributed by atoms with Gasteiger partial charge >= 0.3 is 0 Å². The first-order chi connectivity index (χ1) is 6.54. The third-order valence-corrected chi connectivity index (χ3v) is 6.26. The minimum Gasteiger partial charge on any atom is -0.392 e. The van der Waals surface area contributed by atoms with Crippen molar-refractivity contribution in [1.82, 2.24) is 0 Å². The van der Waals surface area contributed by atoms with Crippen molar-refractivity contribution in [2.75, 3.05) is 0 Å². The summed E-state index contributed by atoms with van der Waals surface area (Å²) in [6.07, 6.45) is 0. The third-order valence-electron chi connectivity index (χ3n) is 2.03. The first kappa shape index (κ1) is 13.4. The van der Waals surface area contributed by atoms with Gasteiger partial charge in [0.05, 0.1) is 13.2 Å². The first-order valence-electron chi connectivity index (χ1n) is 3.91. The standard InChI is InChI=1S/C9H9I3O2/c1-4-7(10)5(2-13)9(12)6(3-14)8(4)11/h13-14H,2-3H2,1H3. The second-order valence-electron chi connectivity index (χ2n) is 2.84. The molecule has 5 heteroatoms. The summed E-state index contributed by atoms with van der Waals surface area (Å²) in [5.74, 6) is 0. The van der Waals surface area contributed by atoms with Crippen LogP contribution in [-0.2, 0) is 13.2 Å². The van der Waals surface area contributed by atoms with E-state index in [4.69, 9.17) is 0 Å². The monoisotopic (exact) mass is 530 g/mol. The van der Waals surface area contributed by atoms with Crippen molar-refractivity contribution in [1.29, 1.82) is 0 Å². The largest absolute Gasteiger partial charge is 0.392 e. The molecular weight excluding hydrogens is 521 g/mol. The number of rotatable bonds is 2. The fourth-order valence-electron chi connectivity index (χ4n) is 1.20. The molecular formula is C9H9I3O2. The second kappa shape index (κ2) is 5.60. The molecule has 78 valence electrons. The van der Waals surface area contributed by atoms with E-state index in [2.05, 4.69) is 67.8 Å². The summed E-state index contributed by atoms with van der Waals surface area (Å²) < 4.78 is 3.17. The molecule has 0 bridgehead atoms. The lowest BCUT2D eigenvalue weighted by atomic mass is 10.1. The summed E-state index contributed by atoms with van der Waals surface area (Å²) in [5.41, 5.74) is 2.99. The molecule has 0 fully saturated rings. The molecule has 1 aromatic rings. The molecule has 1 aromatic carbocycles. The molecule has 0 aliphatic heterocycles. The maximum atomic E-state index is 9.24. The smallest absolute Gasteiger partial charge is 0.0702 e. The summed E-state index contributed by atoms with van der Waals surface area (Å²) in [4.78, 5) is 0. The van der Waals surface area contributed by atoms with Gasteiger partial charge in [-0.25, -0.2) is 0 Å². The Labute approximate surface area is 124 Å². The quantitative estimate of drug-likeness (QED) is 0.579. The summed E-state index contributed by atoms with van der Waals surface area (Å²) in [6.45, 7) is 2.07. The molecule has 0 saturated carbocycles. The predicted octanol–water partition coefficient (Wildman–Crippen LogP) is 2.79. The van der Waals surface area contributed by atoms with E-state index >= 15 is 0 Å². The minimum atomic E-state index is 0.0291. The lowest BCUT2D eigenvalue weighted by Crippen LogP contribution is -2.05. The van der Waals surface area contributed by atoms with E-state index < -0.39 is 0 Å². The number of aliphatic hydroxyl groups is 2. The van der Waals surface area contributed by atoms with Crippen molar-refractivity contribution in [3.8, 4) is 0 Å². The highest BCUT2D eigenvalue weighted by Crippen LogP contribution is 2.31. The normalized spacial score (nSPS) is 10.7.